The number of benzene rings is 2. The van der Waals surface area contributed by atoms with Crippen molar-refractivity contribution >= 4 is 22.8 Å². The normalized spacial score (nSPS) is 11.6. The molecule has 0 bridgehead atoms. The number of fused-ring (bicyclic) bond motifs is 1. The molecule has 2 aromatic heterocycles. The van der Waals surface area contributed by atoms with E-state index in [2.05, 4.69) is 4.90 Å². The van der Waals surface area contributed by atoms with Gasteiger partial charge in [-0.2, -0.15) is 0 Å². The Morgan fingerprint density at radius 2 is 1.66 bits per heavy atom. The number of aromatic nitrogens is 4. The Kier molecular flexibility index (Phi) is 9.55. The Labute approximate surface area is 227 Å². The maximum absolute atomic E-state index is 13.8. The summed E-state index contributed by atoms with van der Waals surface area (Å²) in [7, 11) is 0. The first-order valence-electron chi connectivity index (χ1n) is 13.3. The molecule has 0 atom stereocenters. The highest BCUT2D eigenvalue weighted by atomic mass is 35.5. The largest absolute Gasteiger partial charge is 0.395 e. The predicted molar refractivity (Wildman–Crippen MR) is 152 cm³/mol. The number of likely N-dealkylation sites (N-methyl/N-ethyl adjacent to an activating group) is 1. The van der Waals surface area contributed by atoms with E-state index in [-0.39, 0.29) is 17.9 Å². The van der Waals surface area contributed by atoms with Crippen LogP contribution in [0.1, 0.15) is 37.2 Å². The minimum Gasteiger partial charge on any atom is -0.395 e. The third-order valence-corrected chi connectivity index (χ3v) is 7.10. The Bertz CT molecular complexity index is 1480. The fourth-order valence-electron chi connectivity index (χ4n) is 4.86. The number of aliphatic hydroxyl groups excluding tert-OH is 1. The first kappa shape index (κ1) is 27.8. The van der Waals surface area contributed by atoms with E-state index in [9.17, 15) is 14.7 Å². The number of hydrogen-bond acceptors (Lipinski definition) is 5. The van der Waals surface area contributed by atoms with Gasteiger partial charge >= 0.3 is 5.69 Å². The van der Waals surface area contributed by atoms with E-state index in [1.807, 2.05) is 73.0 Å². The molecule has 9 heteroatoms. The topological polar surface area (TPSA) is 85.3 Å². The molecule has 0 radical (unpaired) electrons. The van der Waals surface area contributed by atoms with Crippen LogP contribution in [0.25, 0.3) is 11.2 Å². The van der Waals surface area contributed by atoms with Crippen molar-refractivity contribution in [2.45, 2.75) is 52.7 Å². The second-order valence-corrected chi connectivity index (χ2v) is 9.88. The lowest BCUT2D eigenvalue weighted by Gasteiger charge is -2.20. The molecular weight excluding hydrogens is 502 g/mol. The number of nitrogens with zero attached hydrogens (tertiary/aromatic N) is 5. The molecule has 0 fully saturated rings. The average molecular weight is 538 g/mol. The maximum Gasteiger partial charge on any atom is 0.332 e. The van der Waals surface area contributed by atoms with Crippen molar-refractivity contribution in [2.75, 3.05) is 26.2 Å². The zero-order valence-electron chi connectivity index (χ0n) is 22.1. The van der Waals surface area contributed by atoms with Crippen LogP contribution in [-0.2, 0) is 32.5 Å². The van der Waals surface area contributed by atoms with Gasteiger partial charge in [0, 0.05) is 44.2 Å². The van der Waals surface area contributed by atoms with Gasteiger partial charge in [0.2, 0.25) is 0 Å². The molecule has 2 heterocycles. The van der Waals surface area contributed by atoms with Crippen molar-refractivity contribution < 1.29 is 5.11 Å². The summed E-state index contributed by atoms with van der Waals surface area (Å²) in [6.07, 6.45) is 1.79. The van der Waals surface area contributed by atoms with Gasteiger partial charge in [-0.25, -0.2) is 9.78 Å². The van der Waals surface area contributed by atoms with Crippen LogP contribution in [0.4, 0.5) is 0 Å². The first-order chi connectivity index (χ1) is 18.5. The number of aliphatic hydroxyl groups is 1. The van der Waals surface area contributed by atoms with Gasteiger partial charge in [0.15, 0.2) is 11.2 Å². The second-order valence-electron chi connectivity index (χ2n) is 9.44. The summed E-state index contributed by atoms with van der Waals surface area (Å²) in [6.45, 7) is 7.32. The zero-order valence-corrected chi connectivity index (χ0v) is 22.9. The van der Waals surface area contributed by atoms with Gasteiger partial charge in [0.05, 0.1) is 6.61 Å². The van der Waals surface area contributed by atoms with Gasteiger partial charge in [-0.1, -0.05) is 67.9 Å². The summed E-state index contributed by atoms with van der Waals surface area (Å²) in [6, 6.07) is 17.6. The van der Waals surface area contributed by atoms with E-state index in [1.54, 1.807) is 4.57 Å². The van der Waals surface area contributed by atoms with Crippen LogP contribution in [0, 0.1) is 0 Å². The fourth-order valence-corrected chi connectivity index (χ4v) is 5.07. The number of rotatable bonds is 13. The van der Waals surface area contributed by atoms with Crippen molar-refractivity contribution in [1.82, 2.24) is 23.6 Å². The van der Waals surface area contributed by atoms with E-state index in [0.29, 0.717) is 68.2 Å². The molecule has 202 valence electrons. The van der Waals surface area contributed by atoms with Crippen molar-refractivity contribution in [3.05, 3.63) is 97.4 Å². The minimum atomic E-state index is -0.335. The van der Waals surface area contributed by atoms with Crippen molar-refractivity contribution in [1.29, 1.82) is 0 Å². The van der Waals surface area contributed by atoms with Gasteiger partial charge in [-0.3, -0.25) is 18.8 Å². The van der Waals surface area contributed by atoms with Crippen molar-refractivity contribution in [3.8, 4) is 0 Å². The first-order valence-corrected chi connectivity index (χ1v) is 13.7. The Morgan fingerprint density at radius 1 is 0.895 bits per heavy atom. The average Bonchev–Trinajstić information content (AvgIpc) is 3.27. The van der Waals surface area contributed by atoms with E-state index in [4.69, 9.17) is 16.6 Å². The minimum absolute atomic E-state index is 0.0712. The van der Waals surface area contributed by atoms with E-state index < -0.39 is 0 Å². The van der Waals surface area contributed by atoms with Crippen LogP contribution in [0.2, 0.25) is 5.02 Å². The molecule has 0 saturated carbocycles. The quantitative estimate of drug-likeness (QED) is 0.282. The summed E-state index contributed by atoms with van der Waals surface area (Å²) < 4.78 is 4.96. The number of imidazole rings is 1. The fraction of sp³-hybridized carbons (Fsp3) is 0.414. The standard InChI is InChI=1S/C29H36ClN5O3/c1-3-14-35-28(37)26-27(34(29(35)38)15-13-23-11-8-12-24(30)20-23)31-25(21-22-9-6-5-7-10-22)33(26)17-16-32(4-2)18-19-36/h5-12,20,36H,3-4,13-19,21H2,1-2H3. The van der Waals surface area contributed by atoms with E-state index in [0.717, 1.165) is 23.5 Å². The Morgan fingerprint density at radius 3 is 2.34 bits per heavy atom. The van der Waals surface area contributed by atoms with Gasteiger partial charge in [0.1, 0.15) is 5.82 Å². The van der Waals surface area contributed by atoms with Gasteiger partial charge in [-0.15, -0.1) is 0 Å². The van der Waals surface area contributed by atoms with E-state index >= 15 is 0 Å². The van der Waals surface area contributed by atoms with Gasteiger partial charge < -0.3 is 9.67 Å². The molecule has 0 spiro atoms. The van der Waals surface area contributed by atoms with Crippen LogP contribution < -0.4 is 11.2 Å². The summed E-state index contributed by atoms with van der Waals surface area (Å²) in [5.41, 5.74) is 2.33. The molecule has 0 saturated heterocycles. The molecule has 4 aromatic rings. The molecule has 4 rings (SSSR count). The Balaban J connectivity index is 1.86. The summed E-state index contributed by atoms with van der Waals surface area (Å²) in [5, 5.41) is 10.1. The van der Waals surface area contributed by atoms with Gasteiger partial charge in [-0.05, 0) is 42.6 Å². The monoisotopic (exact) mass is 537 g/mol. The van der Waals surface area contributed by atoms with Gasteiger partial charge in [0.25, 0.3) is 5.56 Å². The van der Waals surface area contributed by atoms with Crippen molar-refractivity contribution in [2.24, 2.45) is 0 Å². The molecule has 0 unspecified atom stereocenters. The third kappa shape index (κ3) is 6.26. The predicted octanol–water partition coefficient (Wildman–Crippen LogP) is 3.57. The lowest BCUT2D eigenvalue weighted by atomic mass is 10.1. The van der Waals surface area contributed by atoms with Crippen molar-refractivity contribution in [3.63, 3.8) is 0 Å². The lowest BCUT2D eigenvalue weighted by Crippen LogP contribution is -2.41. The van der Waals surface area contributed by atoms with Crippen LogP contribution in [-0.4, -0.2) is 54.9 Å². The molecule has 0 aliphatic carbocycles. The second kappa shape index (κ2) is 13.0. The summed E-state index contributed by atoms with van der Waals surface area (Å²) in [4.78, 5) is 34.4. The Hall–Kier alpha value is -3.20. The van der Waals surface area contributed by atoms with Crippen LogP contribution >= 0.6 is 11.6 Å². The SMILES string of the molecule is CCCn1c(=O)c2c(nc(Cc3ccccc3)n2CCN(CC)CCO)n(CCc2cccc(Cl)c2)c1=O. The molecule has 2 aromatic carbocycles. The highest BCUT2D eigenvalue weighted by molar-refractivity contribution is 6.30. The zero-order chi connectivity index (χ0) is 27.1. The molecule has 1 N–H and O–H groups in total. The number of aryl methyl sites for hydroxylation is 2. The summed E-state index contributed by atoms with van der Waals surface area (Å²) >= 11 is 6.19. The molecule has 0 amide bonds. The number of halogens is 1. The molecule has 0 aliphatic heterocycles. The molecule has 0 aliphatic rings. The molecule has 38 heavy (non-hydrogen) atoms. The summed E-state index contributed by atoms with van der Waals surface area (Å²) in [5.74, 6) is 0.744. The smallest absolute Gasteiger partial charge is 0.332 e. The highest BCUT2D eigenvalue weighted by Crippen LogP contribution is 2.18. The molecular formula is C29H36ClN5O3. The maximum atomic E-state index is 13.8. The lowest BCUT2D eigenvalue weighted by molar-refractivity contribution is 0.197. The van der Waals surface area contributed by atoms with E-state index in [1.165, 1.54) is 4.57 Å². The molecule has 8 nitrogen and oxygen atoms in total. The third-order valence-electron chi connectivity index (χ3n) is 6.86. The van der Waals surface area contributed by atoms with Crippen LogP contribution in [0.15, 0.2) is 64.2 Å². The van der Waals surface area contributed by atoms with Crippen LogP contribution in [0.5, 0.6) is 0 Å². The van der Waals surface area contributed by atoms with Crippen LogP contribution in [0.3, 0.4) is 0 Å². The number of hydrogen-bond donors (Lipinski definition) is 1. The highest BCUT2D eigenvalue weighted by Gasteiger charge is 2.22.